The molecule has 3 unspecified atom stereocenters. The van der Waals surface area contributed by atoms with Gasteiger partial charge in [0.1, 0.15) is 0 Å². The molecule has 0 radical (unpaired) electrons. The second kappa shape index (κ2) is 11.5. The van der Waals surface area contributed by atoms with Gasteiger partial charge in [0.05, 0.1) is 11.6 Å². The minimum atomic E-state index is 0.142. The van der Waals surface area contributed by atoms with Crippen molar-refractivity contribution in [3.63, 3.8) is 0 Å². The van der Waals surface area contributed by atoms with Gasteiger partial charge in [0.15, 0.2) is 0 Å². The van der Waals surface area contributed by atoms with Gasteiger partial charge < -0.3 is 9.80 Å². The van der Waals surface area contributed by atoms with E-state index in [0.717, 1.165) is 51.0 Å². The molecule has 2 aromatic carbocycles. The predicted molar refractivity (Wildman–Crippen MR) is 143 cm³/mol. The Morgan fingerprint density at radius 2 is 1.77 bits per heavy atom. The first-order valence-electron chi connectivity index (χ1n) is 12.8. The van der Waals surface area contributed by atoms with Crippen LogP contribution in [0.1, 0.15) is 40.4 Å². The van der Waals surface area contributed by atoms with E-state index in [2.05, 4.69) is 76.4 Å². The summed E-state index contributed by atoms with van der Waals surface area (Å²) in [6.45, 7) is 4.27. The van der Waals surface area contributed by atoms with Gasteiger partial charge in [0.2, 0.25) is 0 Å². The molecule has 35 heavy (non-hydrogen) atoms. The molecule has 0 bridgehead atoms. The summed E-state index contributed by atoms with van der Waals surface area (Å²) in [5.74, 6) is 1.20. The summed E-state index contributed by atoms with van der Waals surface area (Å²) in [6.07, 6.45) is 3.16. The van der Waals surface area contributed by atoms with Crippen molar-refractivity contribution in [3.8, 4) is 0 Å². The molecule has 6 heteroatoms. The fourth-order valence-corrected chi connectivity index (χ4v) is 6.42. The average molecular weight is 489 g/mol. The number of carbonyl (C=O) groups is 1. The molecule has 3 heterocycles. The Hall–Kier alpha value is -2.51. The molecular weight excluding hydrogens is 452 g/mol. The number of hydrogen-bond donors (Lipinski definition) is 2. The van der Waals surface area contributed by atoms with E-state index in [-0.39, 0.29) is 11.9 Å². The van der Waals surface area contributed by atoms with Gasteiger partial charge in [0, 0.05) is 37.5 Å². The first-order valence-corrected chi connectivity index (χ1v) is 13.7. The predicted octanol–water partition coefficient (Wildman–Crippen LogP) is 4.61. The molecule has 184 valence electrons. The normalized spacial score (nSPS) is 22.2. The lowest BCUT2D eigenvalue weighted by atomic mass is 9.84. The molecule has 3 aromatic rings. The number of likely N-dealkylation sites (tertiary alicyclic amines) is 1. The molecular formula is C29H36N4OS. The monoisotopic (exact) mass is 488 g/mol. The van der Waals surface area contributed by atoms with Crippen LogP contribution in [0, 0.1) is 11.8 Å². The van der Waals surface area contributed by atoms with E-state index in [1.807, 2.05) is 28.8 Å². The number of nitrogens with zero attached hydrogens (tertiary/aromatic N) is 2. The highest BCUT2D eigenvalue weighted by molar-refractivity contribution is 7.08. The lowest BCUT2D eigenvalue weighted by Crippen LogP contribution is -2.48. The van der Waals surface area contributed by atoms with Gasteiger partial charge >= 0.3 is 0 Å². The minimum Gasteiger partial charge on any atom is -0.338 e. The van der Waals surface area contributed by atoms with E-state index in [0.29, 0.717) is 17.9 Å². The van der Waals surface area contributed by atoms with Crippen molar-refractivity contribution in [1.82, 2.24) is 20.7 Å². The third-order valence-corrected chi connectivity index (χ3v) is 8.48. The second-order valence-corrected chi connectivity index (χ2v) is 10.8. The smallest absolute Gasteiger partial charge is 0.254 e. The molecule has 1 aromatic heterocycles. The van der Waals surface area contributed by atoms with Crippen LogP contribution in [0.5, 0.6) is 0 Å². The van der Waals surface area contributed by atoms with Crippen LogP contribution in [0.2, 0.25) is 0 Å². The van der Waals surface area contributed by atoms with Crippen molar-refractivity contribution in [1.29, 1.82) is 0 Å². The molecule has 2 aliphatic heterocycles. The SMILES string of the molecule is CN(C(=O)c1ccsc1)C(Cc1ccccc1)C1CCN(CC2CNNC2c2ccccc2)CC1. The van der Waals surface area contributed by atoms with E-state index in [4.69, 9.17) is 0 Å². The largest absolute Gasteiger partial charge is 0.338 e. The van der Waals surface area contributed by atoms with Crippen molar-refractivity contribution in [2.45, 2.75) is 31.3 Å². The number of hydrazine groups is 1. The number of nitrogens with one attached hydrogen (secondary N) is 2. The minimum absolute atomic E-state index is 0.142. The van der Waals surface area contributed by atoms with Crippen LogP contribution in [0.25, 0.3) is 0 Å². The Morgan fingerprint density at radius 1 is 1.06 bits per heavy atom. The zero-order chi connectivity index (χ0) is 24.0. The number of likely N-dealkylation sites (N-methyl/N-ethyl adjacent to an activating group) is 1. The Balaban J connectivity index is 1.23. The number of piperidine rings is 1. The number of benzene rings is 2. The number of thiophene rings is 1. The molecule has 3 atom stereocenters. The lowest BCUT2D eigenvalue weighted by molar-refractivity contribution is 0.0577. The first kappa shape index (κ1) is 24.2. The molecule has 0 spiro atoms. The van der Waals surface area contributed by atoms with Crippen LogP contribution in [-0.2, 0) is 6.42 Å². The summed E-state index contributed by atoms with van der Waals surface area (Å²) in [7, 11) is 2.00. The third kappa shape index (κ3) is 5.84. The maximum absolute atomic E-state index is 13.3. The van der Waals surface area contributed by atoms with Crippen molar-refractivity contribution in [2.75, 3.05) is 33.2 Å². The van der Waals surface area contributed by atoms with Crippen LogP contribution in [0.4, 0.5) is 0 Å². The quantitative estimate of drug-likeness (QED) is 0.486. The summed E-state index contributed by atoms with van der Waals surface area (Å²) in [6, 6.07) is 23.9. The average Bonchev–Trinajstić information content (AvgIpc) is 3.61. The van der Waals surface area contributed by atoms with Crippen LogP contribution in [0.15, 0.2) is 77.5 Å². The molecule has 2 saturated heterocycles. The van der Waals surface area contributed by atoms with Gasteiger partial charge in [0.25, 0.3) is 5.91 Å². The van der Waals surface area contributed by atoms with Gasteiger partial charge in [-0.15, -0.1) is 0 Å². The Morgan fingerprint density at radius 3 is 2.46 bits per heavy atom. The number of carbonyl (C=O) groups excluding carboxylic acids is 1. The summed E-state index contributed by atoms with van der Waals surface area (Å²) >= 11 is 1.59. The van der Waals surface area contributed by atoms with Gasteiger partial charge in [-0.3, -0.25) is 10.2 Å². The van der Waals surface area contributed by atoms with Gasteiger partial charge in [-0.2, -0.15) is 11.3 Å². The van der Waals surface area contributed by atoms with Gasteiger partial charge in [-0.05, 0) is 60.8 Å². The van der Waals surface area contributed by atoms with E-state index in [9.17, 15) is 4.79 Å². The fraction of sp³-hybridized carbons (Fsp3) is 0.414. The van der Waals surface area contributed by atoms with Gasteiger partial charge in [-0.25, -0.2) is 5.43 Å². The molecule has 0 aliphatic carbocycles. The van der Waals surface area contributed by atoms with E-state index < -0.39 is 0 Å². The molecule has 5 rings (SSSR count). The highest BCUT2D eigenvalue weighted by atomic mass is 32.1. The number of amides is 1. The fourth-order valence-electron chi connectivity index (χ4n) is 5.79. The van der Waals surface area contributed by atoms with Crippen molar-refractivity contribution in [2.24, 2.45) is 11.8 Å². The standard InChI is InChI=1S/C29H36N4OS/c1-32(29(34)25-14-17-35-21-25)27(18-22-8-4-2-5-9-22)23-12-15-33(16-13-23)20-26-19-30-31-28(26)24-10-6-3-7-11-24/h2-11,14,17,21,23,26-28,30-31H,12-13,15-16,18-20H2,1H3. The molecule has 5 nitrogen and oxygen atoms in total. The van der Waals surface area contributed by atoms with Crippen LogP contribution >= 0.6 is 11.3 Å². The second-order valence-electron chi connectivity index (χ2n) is 10.00. The summed E-state index contributed by atoms with van der Waals surface area (Å²) in [5, 5.41) is 3.95. The summed E-state index contributed by atoms with van der Waals surface area (Å²) in [5.41, 5.74) is 10.3. The molecule has 1 amide bonds. The molecule has 2 N–H and O–H groups in total. The van der Waals surface area contributed by atoms with Crippen LogP contribution in [-0.4, -0.2) is 55.0 Å². The molecule has 2 aliphatic rings. The number of hydrogen-bond acceptors (Lipinski definition) is 5. The Bertz CT molecular complexity index is 1050. The van der Waals surface area contributed by atoms with Crippen molar-refractivity contribution >= 4 is 17.2 Å². The maximum Gasteiger partial charge on any atom is 0.254 e. The topological polar surface area (TPSA) is 47.6 Å². The Labute approximate surface area is 213 Å². The van der Waals surface area contributed by atoms with E-state index >= 15 is 0 Å². The molecule has 2 fully saturated rings. The highest BCUT2D eigenvalue weighted by Gasteiger charge is 2.34. The molecule has 0 saturated carbocycles. The maximum atomic E-state index is 13.3. The first-order chi connectivity index (χ1) is 17.2. The van der Waals surface area contributed by atoms with E-state index in [1.165, 1.54) is 11.1 Å². The highest BCUT2D eigenvalue weighted by Crippen LogP contribution is 2.30. The van der Waals surface area contributed by atoms with Gasteiger partial charge in [-0.1, -0.05) is 60.7 Å². The zero-order valence-corrected chi connectivity index (χ0v) is 21.3. The third-order valence-electron chi connectivity index (χ3n) is 7.79. The van der Waals surface area contributed by atoms with E-state index in [1.54, 1.807) is 11.3 Å². The Kier molecular flexibility index (Phi) is 7.94. The lowest BCUT2D eigenvalue weighted by Gasteiger charge is -2.41. The van der Waals surface area contributed by atoms with Crippen LogP contribution < -0.4 is 10.9 Å². The van der Waals surface area contributed by atoms with Crippen molar-refractivity contribution in [3.05, 3.63) is 94.2 Å². The van der Waals surface area contributed by atoms with Crippen molar-refractivity contribution < 1.29 is 4.79 Å². The number of rotatable bonds is 8. The summed E-state index contributed by atoms with van der Waals surface area (Å²) in [4.78, 5) is 17.9. The van der Waals surface area contributed by atoms with Crippen LogP contribution in [0.3, 0.4) is 0 Å². The zero-order valence-electron chi connectivity index (χ0n) is 20.5. The summed E-state index contributed by atoms with van der Waals surface area (Å²) < 4.78 is 0.